The van der Waals surface area contributed by atoms with Gasteiger partial charge in [-0.15, -0.1) is 0 Å². The van der Waals surface area contributed by atoms with Crippen molar-refractivity contribution in [1.29, 1.82) is 0 Å². The first-order valence-electron chi connectivity index (χ1n) is 11.6. The SMILES string of the molecule is Cc1noc(C)c1COc1cccc(C(=O)N2CCN(Cc3nc(-c4ccccc4)no3)CC2)c1. The van der Waals surface area contributed by atoms with Gasteiger partial charge in [0.2, 0.25) is 11.7 Å². The van der Waals surface area contributed by atoms with Gasteiger partial charge < -0.3 is 18.7 Å². The summed E-state index contributed by atoms with van der Waals surface area (Å²) in [6.45, 7) is 7.37. The molecule has 0 bridgehead atoms. The molecule has 2 aromatic carbocycles. The van der Waals surface area contributed by atoms with Crippen LogP contribution in [0.2, 0.25) is 0 Å². The lowest BCUT2D eigenvalue weighted by Crippen LogP contribution is -2.48. The number of rotatable bonds is 7. The van der Waals surface area contributed by atoms with E-state index in [4.69, 9.17) is 13.8 Å². The third kappa shape index (κ3) is 5.25. The fourth-order valence-electron chi connectivity index (χ4n) is 4.09. The molecular weight excluding hydrogens is 446 g/mol. The van der Waals surface area contributed by atoms with Crippen LogP contribution >= 0.6 is 0 Å². The molecule has 35 heavy (non-hydrogen) atoms. The molecule has 9 nitrogen and oxygen atoms in total. The van der Waals surface area contributed by atoms with Gasteiger partial charge in [-0.3, -0.25) is 9.69 Å². The zero-order valence-electron chi connectivity index (χ0n) is 19.8. The van der Waals surface area contributed by atoms with Crippen LogP contribution in [0.4, 0.5) is 0 Å². The van der Waals surface area contributed by atoms with Gasteiger partial charge in [0, 0.05) is 37.3 Å². The van der Waals surface area contributed by atoms with Crippen LogP contribution in [0.1, 0.15) is 33.3 Å². The van der Waals surface area contributed by atoms with Gasteiger partial charge in [0.25, 0.3) is 5.91 Å². The Labute approximate surface area is 203 Å². The maximum atomic E-state index is 13.1. The Bertz CT molecular complexity index is 1270. The van der Waals surface area contributed by atoms with Gasteiger partial charge in [-0.05, 0) is 32.0 Å². The van der Waals surface area contributed by atoms with Gasteiger partial charge in [-0.25, -0.2) is 0 Å². The average Bonchev–Trinajstić information content (AvgIpc) is 3.49. The summed E-state index contributed by atoms with van der Waals surface area (Å²) >= 11 is 0. The highest BCUT2D eigenvalue weighted by molar-refractivity contribution is 5.94. The van der Waals surface area contributed by atoms with Gasteiger partial charge in [0.15, 0.2) is 0 Å². The van der Waals surface area contributed by atoms with Crippen molar-refractivity contribution in [2.45, 2.75) is 27.0 Å². The van der Waals surface area contributed by atoms with E-state index in [2.05, 4.69) is 20.2 Å². The van der Waals surface area contributed by atoms with E-state index in [0.29, 0.717) is 49.3 Å². The smallest absolute Gasteiger partial charge is 0.254 e. The van der Waals surface area contributed by atoms with Crippen LogP contribution in [0.25, 0.3) is 11.4 Å². The van der Waals surface area contributed by atoms with Crippen molar-refractivity contribution in [2.75, 3.05) is 26.2 Å². The first-order chi connectivity index (χ1) is 17.1. The molecule has 5 rings (SSSR count). The molecule has 0 saturated carbocycles. The zero-order chi connectivity index (χ0) is 24.2. The third-order valence-electron chi connectivity index (χ3n) is 6.16. The first kappa shape index (κ1) is 22.8. The lowest BCUT2D eigenvalue weighted by Gasteiger charge is -2.34. The number of carbonyl (C=O) groups is 1. The molecule has 0 radical (unpaired) electrons. The van der Waals surface area contributed by atoms with Crippen LogP contribution in [0, 0.1) is 13.8 Å². The summed E-state index contributed by atoms with van der Waals surface area (Å²) in [6, 6.07) is 17.1. The van der Waals surface area contributed by atoms with Crippen molar-refractivity contribution in [3.8, 4) is 17.1 Å². The number of ether oxygens (including phenoxy) is 1. The minimum atomic E-state index is -0.00315. The highest BCUT2D eigenvalue weighted by atomic mass is 16.5. The van der Waals surface area contributed by atoms with Crippen molar-refractivity contribution in [2.24, 2.45) is 0 Å². The summed E-state index contributed by atoms with van der Waals surface area (Å²) in [7, 11) is 0. The second-order valence-corrected chi connectivity index (χ2v) is 8.57. The Kier molecular flexibility index (Phi) is 6.58. The highest BCUT2D eigenvalue weighted by Crippen LogP contribution is 2.20. The Balaban J connectivity index is 1.15. The maximum Gasteiger partial charge on any atom is 0.254 e. The number of carbonyl (C=O) groups excluding carboxylic acids is 1. The molecule has 4 aromatic rings. The summed E-state index contributed by atoms with van der Waals surface area (Å²) in [5, 5.41) is 8.04. The predicted molar refractivity (Wildman–Crippen MR) is 128 cm³/mol. The quantitative estimate of drug-likeness (QED) is 0.399. The lowest BCUT2D eigenvalue weighted by atomic mass is 10.1. The molecule has 0 unspecified atom stereocenters. The number of hydrogen-bond donors (Lipinski definition) is 0. The standard InChI is InChI=1S/C26H27N5O4/c1-18-23(19(2)34-28-18)17-33-22-10-6-9-21(15-22)26(32)31-13-11-30(12-14-31)16-24-27-25(29-35-24)20-7-4-3-5-8-20/h3-10,15H,11-14,16-17H2,1-2H3. The minimum absolute atomic E-state index is 0.00315. The number of amides is 1. The molecular formula is C26H27N5O4. The minimum Gasteiger partial charge on any atom is -0.489 e. The number of hydrogen-bond acceptors (Lipinski definition) is 8. The number of nitrogens with zero attached hydrogens (tertiary/aromatic N) is 5. The average molecular weight is 474 g/mol. The van der Waals surface area contributed by atoms with Crippen LogP contribution in [0.5, 0.6) is 5.75 Å². The van der Waals surface area contributed by atoms with Gasteiger partial charge in [0.05, 0.1) is 17.8 Å². The summed E-state index contributed by atoms with van der Waals surface area (Å²) in [6.07, 6.45) is 0. The van der Waals surface area contributed by atoms with Crippen LogP contribution in [0.15, 0.2) is 63.6 Å². The molecule has 0 spiro atoms. The van der Waals surface area contributed by atoms with Gasteiger partial charge in [-0.1, -0.05) is 46.7 Å². The van der Waals surface area contributed by atoms with E-state index in [1.54, 1.807) is 6.07 Å². The predicted octanol–water partition coefficient (Wildman–Crippen LogP) is 3.88. The molecule has 1 saturated heterocycles. The summed E-state index contributed by atoms with van der Waals surface area (Å²) in [5.41, 5.74) is 3.27. The Morgan fingerprint density at radius 3 is 2.51 bits per heavy atom. The molecule has 3 heterocycles. The van der Waals surface area contributed by atoms with Gasteiger partial charge in [-0.2, -0.15) is 4.98 Å². The van der Waals surface area contributed by atoms with Crippen LogP contribution in [0.3, 0.4) is 0 Å². The Hall–Kier alpha value is -3.98. The van der Waals surface area contributed by atoms with Gasteiger partial charge >= 0.3 is 0 Å². The normalized spacial score (nSPS) is 14.3. The fraction of sp³-hybridized carbons (Fsp3) is 0.308. The fourth-order valence-corrected chi connectivity index (χ4v) is 4.09. The third-order valence-corrected chi connectivity index (χ3v) is 6.16. The lowest BCUT2D eigenvalue weighted by molar-refractivity contribution is 0.0614. The largest absolute Gasteiger partial charge is 0.489 e. The Morgan fingerprint density at radius 2 is 1.77 bits per heavy atom. The van der Waals surface area contributed by atoms with E-state index in [1.165, 1.54) is 0 Å². The molecule has 9 heteroatoms. The molecule has 0 aliphatic carbocycles. The van der Waals surface area contributed by atoms with Crippen molar-refractivity contribution in [1.82, 2.24) is 25.1 Å². The number of aromatic nitrogens is 3. The van der Waals surface area contributed by atoms with Crippen molar-refractivity contribution in [3.05, 3.63) is 83.1 Å². The summed E-state index contributed by atoms with van der Waals surface area (Å²) in [4.78, 5) is 21.7. The summed E-state index contributed by atoms with van der Waals surface area (Å²) < 4.78 is 16.5. The van der Waals surface area contributed by atoms with Crippen LogP contribution < -0.4 is 4.74 Å². The molecule has 0 atom stereocenters. The van der Waals surface area contributed by atoms with Crippen molar-refractivity contribution >= 4 is 5.91 Å². The van der Waals surface area contributed by atoms with E-state index < -0.39 is 0 Å². The summed E-state index contributed by atoms with van der Waals surface area (Å²) in [5.74, 6) is 2.54. The first-order valence-corrected chi connectivity index (χ1v) is 11.6. The van der Waals surface area contributed by atoms with Crippen LogP contribution in [-0.2, 0) is 13.2 Å². The number of benzene rings is 2. The number of piperazine rings is 1. The second kappa shape index (κ2) is 10.1. The maximum absolute atomic E-state index is 13.1. The molecule has 1 amide bonds. The van der Waals surface area contributed by atoms with E-state index in [0.717, 1.165) is 35.7 Å². The van der Waals surface area contributed by atoms with E-state index >= 15 is 0 Å². The van der Waals surface area contributed by atoms with E-state index in [9.17, 15) is 4.79 Å². The van der Waals surface area contributed by atoms with E-state index in [-0.39, 0.29) is 5.91 Å². The zero-order valence-corrected chi connectivity index (χ0v) is 19.8. The Morgan fingerprint density at radius 1 is 0.971 bits per heavy atom. The molecule has 1 fully saturated rings. The molecule has 0 N–H and O–H groups in total. The van der Waals surface area contributed by atoms with Crippen LogP contribution in [-0.4, -0.2) is 57.2 Å². The second-order valence-electron chi connectivity index (χ2n) is 8.57. The topological polar surface area (TPSA) is 97.7 Å². The van der Waals surface area contributed by atoms with Crippen molar-refractivity contribution in [3.63, 3.8) is 0 Å². The monoisotopic (exact) mass is 473 g/mol. The molecule has 1 aliphatic rings. The van der Waals surface area contributed by atoms with Crippen molar-refractivity contribution < 1.29 is 18.6 Å². The molecule has 180 valence electrons. The highest BCUT2D eigenvalue weighted by Gasteiger charge is 2.24. The van der Waals surface area contributed by atoms with E-state index in [1.807, 2.05) is 67.3 Å². The van der Waals surface area contributed by atoms with Gasteiger partial charge in [0.1, 0.15) is 18.1 Å². The molecule has 1 aliphatic heterocycles. The number of aryl methyl sites for hydroxylation is 2. The molecule has 2 aromatic heterocycles.